The molecule has 0 amide bonds. The lowest BCUT2D eigenvalue weighted by atomic mass is 9.77. The lowest BCUT2D eigenvalue weighted by molar-refractivity contribution is 0.280. The van der Waals surface area contributed by atoms with Crippen molar-refractivity contribution in [3.8, 4) is 5.75 Å². The monoisotopic (exact) mass is 313 g/mol. The molecule has 0 aliphatic heterocycles. The predicted molar refractivity (Wildman–Crippen MR) is 84.4 cm³/mol. The average Bonchev–Trinajstić information content (AvgIpc) is 2.23. The van der Waals surface area contributed by atoms with E-state index in [-0.39, 0.29) is 11.2 Å². The third kappa shape index (κ3) is 4.88. The summed E-state index contributed by atoms with van der Waals surface area (Å²) in [6, 6.07) is 3.64. The van der Waals surface area contributed by atoms with Crippen molar-refractivity contribution in [3.63, 3.8) is 0 Å². The first kappa shape index (κ1) is 17.8. The van der Waals surface area contributed by atoms with Gasteiger partial charge in [-0.2, -0.15) is 0 Å². The maximum absolute atomic E-state index is 11.2. The molecule has 118 valence electrons. The molecule has 0 heterocycles. The summed E-state index contributed by atoms with van der Waals surface area (Å²) < 4.78 is 16.1. The van der Waals surface area contributed by atoms with Crippen LogP contribution >= 0.6 is 7.82 Å². The molecule has 0 aromatic heterocycles. The molecular weight excluding hydrogens is 289 g/mol. The Labute approximate surface area is 126 Å². The second-order valence-corrected chi connectivity index (χ2v) is 7.11. The molecule has 1 aromatic carbocycles. The van der Waals surface area contributed by atoms with Crippen molar-refractivity contribution in [2.45, 2.75) is 39.5 Å². The van der Waals surface area contributed by atoms with E-state index < -0.39 is 7.82 Å². The Kier molecular flexibility index (Phi) is 5.26. The van der Waals surface area contributed by atoms with Crippen LogP contribution in [0.1, 0.15) is 37.0 Å². The number of rotatable bonds is 6. The van der Waals surface area contributed by atoms with Gasteiger partial charge in [-0.25, -0.2) is 4.57 Å². The van der Waals surface area contributed by atoms with Crippen LogP contribution in [0.4, 0.5) is 0 Å². The second kappa shape index (κ2) is 6.22. The molecule has 0 aliphatic rings. The summed E-state index contributed by atoms with van der Waals surface area (Å²) >= 11 is 0. The normalized spacial score (nSPS) is 12.1. The second-order valence-electron chi connectivity index (χ2n) is 5.95. The molecule has 0 fully saturated rings. The highest BCUT2D eigenvalue weighted by molar-refractivity contribution is 7.46. The third-order valence-corrected chi connectivity index (χ3v) is 3.78. The van der Waals surface area contributed by atoms with E-state index in [1.165, 1.54) is 0 Å². The number of benzene rings is 1. The van der Waals surface area contributed by atoms with Gasteiger partial charge < -0.3 is 9.84 Å². The first-order valence-corrected chi connectivity index (χ1v) is 8.21. The van der Waals surface area contributed by atoms with Crippen LogP contribution in [-0.2, 0) is 9.98 Å². The van der Waals surface area contributed by atoms with Gasteiger partial charge in [-0.3, -0.25) is 9.79 Å². The molecule has 0 unspecified atom stereocenters. The first-order valence-electron chi connectivity index (χ1n) is 6.68. The molecular formula is C15H24NO4P. The number of nitrogens with one attached hydrogen (secondary N) is 1. The summed E-state index contributed by atoms with van der Waals surface area (Å²) in [6.07, 6.45) is 0.630. The average molecular weight is 313 g/mol. The largest absolute Gasteiger partial charge is 0.524 e. The maximum atomic E-state index is 11.2. The van der Waals surface area contributed by atoms with Gasteiger partial charge in [-0.05, 0) is 42.9 Å². The number of phosphoric acid groups is 1. The van der Waals surface area contributed by atoms with Crippen molar-refractivity contribution in [2.75, 3.05) is 7.05 Å². The quantitative estimate of drug-likeness (QED) is 0.703. The lowest BCUT2D eigenvalue weighted by Crippen LogP contribution is -2.23. The molecule has 0 atom stereocenters. The van der Waals surface area contributed by atoms with Crippen molar-refractivity contribution in [2.24, 2.45) is 0 Å². The van der Waals surface area contributed by atoms with Crippen molar-refractivity contribution >= 4 is 7.82 Å². The summed E-state index contributed by atoms with van der Waals surface area (Å²) in [5.41, 5.74) is 3.09. The SMILES string of the molecule is C=C(CC(C)(C)c1c(C)cc(C)cc1OP(=O)(O)O)NC. The van der Waals surface area contributed by atoms with Gasteiger partial charge in [0.25, 0.3) is 0 Å². The first-order chi connectivity index (χ1) is 9.46. The van der Waals surface area contributed by atoms with Crippen LogP contribution in [0.3, 0.4) is 0 Å². The van der Waals surface area contributed by atoms with E-state index in [1.54, 1.807) is 13.1 Å². The van der Waals surface area contributed by atoms with Crippen LogP contribution in [0.5, 0.6) is 5.75 Å². The summed E-state index contributed by atoms with van der Waals surface area (Å²) in [7, 11) is -2.80. The van der Waals surface area contributed by atoms with Crippen LogP contribution in [0, 0.1) is 13.8 Å². The Morgan fingerprint density at radius 1 is 1.38 bits per heavy atom. The zero-order chi connectivity index (χ0) is 16.4. The Hall–Kier alpha value is -1.29. The van der Waals surface area contributed by atoms with E-state index in [2.05, 4.69) is 11.9 Å². The Balaban J connectivity index is 3.39. The molecule has 3 N–H and O–H groups in total. The molecule has 0 bridgehead atoms. The summed E-state index contributed by atoms with van der Waals surface area (Å²) in [5, 5.41) is 3.00. The molecule has 0 radical (unpaired) electrons. The van der Waals surface area contributed by atoms with Crippen molar-refractivity contribution in [3.05, 3.63) is 41.1 Å². The van der Waals surface area contributed by atoms with Gasteiger partial charge in [0.15, 0.2) is 0 Å². The highest BCUT2D eigenvalue weighted by atomic mass is 31.2. The molecule has 0 saturated carbocycles. The van der Waals surface area contributed by atoms with E-state index in [4.69, 9.17) is 14.3 Å². The third-order valence-electron chi connectivity index (χ3n) is 3.35. The smallest absolute Gasteiger partial charge is 0.404 e. The Morgan fingerprint density at radius 2 is 1.95 bits per heavy atom. The fourth-order valence-electron chi connectivity index (χ4n) is 2.71. The minimum atomic E-state index is -4.60. The standard InChI is InChI=1S/C15H24NO4P/c1-10-7-11(2)14(13(8-10)20-21(17,18)19)15(4,5)9-12(3)16-6/h7-8,16H,3,9H2,1-2,4-6H3,(H2,17,18,19). The van der Waals surface area contributed by atoms with Gasteiger partial charge in [0, 0.05) is 18.3 Å². The molecule has 6 heteroatoms. The number of phosphoric ester groups is 1. The molecule has 21 heavy (non-hydrogen) atoms. The lowest BCUT2D eigenvalue weighted by Gasteiger charge is -2.30. The minimum Gasteiger partial charge on any atom is -0.404 e. The fourth-order valence-corrected chi connectivity index (χ4v) is 3.11. The van der Waals surface area contributed by atoms with Crippen molar-refractivity contribution in [1.29, 1.82) is 0 Å². The van der Waals surface area contributed by atoms with E-state index >= 15 is 0 Å². The number of aryl methyl sites for hydroxylation is 2. The van der Waals surface area contributed by atoms with Gasteiger partial charge in [0.2, 0.25) is 0 Å². The number of allylic oxidation sites excluding steroid dienone is 1. The molecule has 0 aliphatic carbocycles. The molecule has 5 nitrogen and oxygen atoms in total. The maximum Gasteiger partial charge on any atom is 0.524 e. The highest BCUT2D eigenvalue weighted by Gasteiger charge is 2.30. The van der Waals surface area contributed by atoms with Crippen molar-refractivity contribution < 1.29 is 18.9 Å². The zero-order valence-electron chi connectivity index (χ0n) is 13.2. The molecule has 0 spiro atoms. The zero-order valence-corrected chi connectivity index (χ0v) is 14.1. The molecule has 0 saturated heterocycles. The van der Waals surface area contributed by atoms with E-state index in [9.17, 15) is 4.57 Å². The Morgan fingerprint density at radius 3 is 2.43 bits per heavy atom. The molecule has 1 aromatic rings. The van der Waals surface area contributed by atoms with Gasteiger partial charge in [0.05, 0.1) is 0 Å². The van der Waals surface area contributed by atoms with Gasteiger partial charge in [0.1, 0.15) is 5.75 Å². The van der Waals surface area contributed by atoms with E-state index in [1.807, 2.05) is 33.8 Å². The fraction of sp³-hybridized carbons (Fsp3) is 0.467. The van der Waals surface area contributed by atoms with Gasteiger partial charge in [-0.15, -0.1) is 0 Å². The topological polar surface area (TPSA) is 78.8 Å². The van der Waals surface area contributed by atoms with Gasteiger partial charge >= 0.3 is 7.82 Å². The summed E-state index contributed by atoms with van der Waals surface area (Å²) in [5.74, 6) is 0.231. The summed E-state index contributed by atoms with van der Waals surface area (Å²) in [4.78, 5) is 18.3. The number of hydrogen-bond donors (Lipinski definition) is 3. The van der Waals surface area contributed by atoms with Crippen molar-refractivity contribution in [1.82, 2.24) is 5.32 Å². The highest BCUT2D eigenvalue weighted by Crippen LogP contribution is 2.45. The van der Waals surface area contributed by atoms with Crippen LogP contribution in [-0.4, -0.2) is 16.8 Å². The summed E-state index contributed by atoms with van der Waals surface area (Å²) in [6.45, 7) is 11.7. The van der Waals surface area contributed by atoms with Crippen LogP contribution < -0.4 is 9.84 Å². The van der Waals surface area contributed by atoms with Crippen LogP contribution in [0.25, 0.3) is 0 Å². The van der Waals surface area contributed by atoms with E-state index in [0.717, 1.165) is 22.4 Å². The van der Waals surface area contributed by atoms with E-state index in [0.29, 0.717) is 6.42 Å². The predicted octanol–water partition coefficient (Wildman–Crippen LogP) is 3.18. The van der Waals surface area contributed by atoms with Crippen LogP contribution in [0.2, 0.25) is 0 Å². The molecule has 1 rings (SSSR count). The van der Waals surface area contributed by atoms with Gasteiger partial charge in [-0.1, -0.05) is 26.5 Å². The Bertz CT molecular complexity index is 590. The minimum absolute atomic E-state index is 0.231. The van der Waals surface area contributed by atoms with Crippen LogP contribution in [0.15, 0.2) is 24.4 Å². The number of hydrogen-bond acceptors (Lipinski definition) is 3.